The highest BCUT2D eigenvalue weighted by Crippen LogP contribution is 2.64. The summed E-state index contributed by atoms with van der Waals surface area (Å²) in [5.41, 5.74) is -6.91. The van der Waals surface area contributed by atoms with Crippen LogP contribution in [0.1, 0.15) is 57.8 Å². The lowest BCUT2D eigenvalue weighted by atomic mass is 9.45. The Hall–Kier alpha value is -3.38. The lowest BCUT2D eigenvalue weighted by molar-refractivity contribution is -0.344. The molecule has 232 valence electrons. The number of aliphatic hydroxyl groups is 3. The quantitative estimate of drug-likeness (QED) is 0.258. The molecule has 1 aliphatic heterocycles. The second kappa shape index (κ2) is 10.4. The van der Waals surface area contributed by atoms with E-state index in [1.807, 2.05) is 0 Å². The summed E-state index contributed by atoms with van der Waals surface area (Å²) in [5, 5.41) is 35.9. The first-order chi connectivity index (χ1) is 20.1. The summed E-state index contributed by atoms with van der Waals surface area (Å²) < 4.78 is 23.5. The standard InChI is InChI=1S/C32H38O11/c1-7-22(36)43-31-15-40-21(31)13-20(35)30(6)25(31)27(42-28(38)18-11-9-8-10-12-18)32(39)14-19(34)16(2)23(29(32,4)5)24(26(30)37)41-17(3)33/h7-12,16,19-21,25,27,34-35,39H,1,13-15H2,2-6H3. The topological polar surface area (TPSA) is 166 Å². The van der Waals surface area contributed by atoms with Gasteiger partial charge in [-0.2, -0.15) is 0 Å². The number of carbonyl (C=O) groups is 4. The fourth-order valence-corrected chi connectivity index (χ4v) is 7.86. The molecule has 1 saturated heterocycles. The Morgan fingerprint density at radius 3 is 2.33 bits per heavy atom. The Morgan fingerprint density at radius 1 is 1.12 bits per heavy atom. The summed E-state index contributed by atoms with van der Waals surface area (Å²) in [6.07, 6.45) is -4.84. The van der Waals surface area contributed by atoms with Crippen LogP contribution in [0.15, 0.2) is 54.3 Å². The molecule has 9 unspecified atom stereocenters. The van der Waals surface area contributed by atoms with Crippen LogP contribution in [0.25, 0.3) is 0 Å². The highest BCUT2D eigenvalue weighted by molar-refractivity contribution is 6.02. The van der Waals surface area contributed by atoms with E-state index in [-0.39, 0.29) is 30.6 Å². The zero-order valence-electron chi connectivity index (χ0n) is 24.9. The Kier molecular flexibility index (Phi) is 7.49. The minimum Gasteiger partial charge on any atom is -0.455 e. The molecule has 9 atom stereocenters. The zero-order valence-corrected chi connectivity index (χ0v) is 24.9. The van der Waals surface area contributed by atoms with Crippen LogP contribution in [-0.2, 0) is 33.3 Å². The molecule has 0 spiro atoms. The smallest absolute Gasteiger partial charge is 0.338 e. The molecular formula is C32H38O11. The molecule has 2 bridgehead atoms. The van der Waals surface area contributed by atoms with E-state index in [9.17, 15) is 34.5 Å². The Balaban J connectivity index is 1.86. The largest absolute Gasteiger partial charge is 0.455 e. The molecule has 11 heteroatoms. The van der Waals surface area contributed by atoms with Gasteiger partial charge in [0.05, 0.1) is 35.7 Å². The Labute approximate surface area is 249 Å². The van der Waals surface area contributed by atoms with Crippen molar-refractivity contribution >= 4 is 23.7 Å². The fraction of sp³-hybridized carbons (Fsp3) is 0.562. The highest BCUT2D eigenvalue weighted by Gasteiger charge is 2.77. The molecule has 3 aliphatic carbocycles. The summed E-state index contributed by atoms with van der Waals surface area (Å²) in [7, 11) is 0. The number of aliphatic hydroxyl groups excluding tert-OH is 2. The van der Waals surface area contributed by atoms with E-state index >= 15 is 0 Å². The molecule has 1 heterocycles. The summed E-state index contributed by atoms with van der Waals surface area (Å²) >= 11 is 0. The lowest BCUT2D eigenvalue weighted by Gasteiger charge is -2.67. The second-order valence-corrected chi connectivity index (χ2v) is 12.9. The van der Waals surface area contributed by atoms with Crippen LogP contribution in [-0.4, -0.2) is 81.2 Å². The van der Waals surface area contributed by atoms with Crippen LogP contribution in [0.3, 0.4) is 0 Å². The van der Waals surface area contributed by atoms with Gasteiger partial charge in [0.15, 0.2) is 11.4 Å². The van der Waals surface area contributed by atoms with Crippen LogP contribution >= 0.6 is 0 Å². The number of ketones is 1. The van der Waals surface area contributed by atoms with Crippen LogP contribution in [0.4, 0.5) is 0 Å². The van der Waals surface area contributed by atoms with E-state index in [1.54, 1.807) is 39.0 Å². The summed E-state index contributed by atoms with van der Waals surface area (Å²) in [4.78, 5) is 53.8. The second-order valence-electron chi connectivity index (χ2n) is 12.9. The summed E-state index contributed by atoms with van der Waals surface area (Å²) in [6, 6.07) is 8.01. The number of benzene rings is 1. The van der Waals surface area contributed by atoms with Crippen molar-refractivity contribution in [2.24, 2.45) is 22.7 Å². The molecule has 3 fully saturated rings. The maximum atomic E-state index is 14.8. The van der Waals surface area contributed by atoms with Gasteiger partial charge < -0.3 is 34.3 Å². The molecule has 4 aliphatic rings. The van der Waals surface area contributed by atoms with E-state index < -0.39 is 87.7 Å². The summed E-state index contributed by atoms with van der Waals surface area (Å²) in [5.74, 6) is -5.94. The molecule has 1 aromatic rings. The predicted molar refractivity (Wildman–Crippen MR) is 149 cm³/mol. The molecule has 3 N–H and O–H groups in total. The van der Waals surface area contributed by atoms with E-state index in [1.165, 1.54) is 19.1 Å². The van der Waals surface area contributed by atoms with E-state index in [2.05, 4.69) is 6.58 Å². The van der Waals surface area contributed by atoms with Gasteiger partial charge in [-0.25, -0.2) is 9.59 Å². The van der Waals surface area contributed by atoms with Crippen molar-refractivity contribution in [3.8, 4) is 0 Å². The van der Waals surface area contributed by atoms with Gasteiger partial charge in [-0.1, -0.05) is 45.5 Å². The van der Waals surface area contributed by atoms with Crippen molar-refractivity contribution in [3.05, 3.63) is 59.9 Å². The van der Waals surface area contributed by atoms with Crippen molar-refractivity contribution in [1.82, 2.24) is 0 Å². The van der Waals surface area contributed by atoms with Gasteiger partial charge in [-0.05, 0) is 24.6 Å². The molecule has 11 nitrogen and oxygen atoms in total. The van der Waals surface area contributed by atoms with Gasteiger partial charge in [0, 0.05) is 37.2 Å². The van der Waals surface area contributed by atoms with Crippen molar-refractivity contribution in [2.75, 3.05) is 6.61 Å². The minimum absolute atomic E-state index is 0.144. The first-order valence-electron chi connectivity index (χ1n) is 14.4. The number of allylic oxidation sites excluding steroid dienone is 1. The molecule has 0 aromatic heterocycles. The molecular weight excluding hydrogens is 560 g/mol. The average molecular weight is 599 g/mol. The third-order valence-electron chi connectivity index (χ3n) is 10.3. The highest BCUT2D eigenvalue weighted by atomic mass is 16.6. The van der Waals surface area contributed by atoms with Crippen LogP contribution < -0.4 is 0 Å². The molecule has 43 heavy (non-hydrogen) atoms. The number of hydrogen-bond acceptors (Lipinski definition) is 11. The fourth-order valence-electron chi connectivity index (χ4n) is 7.86. The molecule has 1 aromatic carbocycles. The average Bonchev–Trinajstić information content (AvgIpc) is 2.95. The molecule has 0 amide bonds. The number of hydrogen-bond donors (Lipinski definition) is 3. The van der Waals surface area contributed by atoms with Crippen molar-refractivity contribution in [1.29, 1.82) is 0 Å². The van der Waals surface area contributed by atoms with E-state index in [0.717, 1.165) is 13.0 Å². The monoisotopic (exact) mass is 598 g/mol. The van der Waals surface area contributed by atoms with Gasteiger partial charge in [0.1, 0.15) is 17.8 Å². The van der Waals surface area contributed by atoms with Gasteiger partial charge in [0.2, 0.25) is 5.78 Å². The van der Waals surface area contributed by atoms with E-state index in [4.69, 9.17) is 18.9 Å². The normalized spacial score (nSPS) is 39.6. The lowest BCUT2D eigenvalue weighted by Crippen LogP contribution is -2.81. The Morgan fingerprint density at radius 2 is 1.77 bits per heavy atom. The third-order valence-corrected chi connectivity index (χ3v) is 10.3. The van der Waals surface area contributed by atoms with Gasteiger partial charge in [0.25, 0.3) is 0 Å². The first-order valence-corrected chi connectivity index (χ1v) is 14.4. The molecule has 0 radical (unpaired) electrons. The maximum Gasteiger partial charge on any atom is 0.338 e. The number of fused-ring (bicyclic) bond motifs is 5. The summed E-state index contributed by atoms with van der Waals surface area (Å²) in [6.45, 7) is 10.7. The van der Waals surface area contributed by atoms with Crippen molar-refractivity contribution in [3.63, 3.8) is 0 Å². The van der Waals surface area contributed by atoms with Crippen LogP contribution in [0.5, 0.6) is 0 Å². The minimum atomic E-state index is -2.14. The van der Waals surface area contributed by atoms with Gasteiger partial charge in [-0.15, -0.1) is 0 Å². The number of Topliss-reactive ketones (excluding diaryl/α,β-unsaturated/α-hetero) is 1. The number of rotatable bonds is 5. The van der Waals surface area contributed by atoms with Crippen molar-refractivity contribution in [2.45, 2.75) is 83.1 Å². The van der Waals surface area contributed by atoms with E-state index in [0.29, 0.717) is 0 Å². The van der Waals surface area contributed by atoms with Crippen LogP contribution in [0.2, 0.25) is 0 Å². The van der Waals surface area contributed by atoms with Gasteiger partial charge >= 0.3 is 17.9 Å². The van der Waals surface area contributed by atoms with Gasteiger partial charge in [-0.3, -0.25) is 9.59 Å². The zero-order chi connectivity index (χ0) is 31.7. The number of ether oxygens (including phenoxy) is 4. The number of esters is 3. The predicted octanol–water partition coefficient (Wildman–Crippen LogP) is 2.02. The molecule has 2 saturated carbocycles. The first kappa shape index (κ1) is 31.1. The van der Waals surface area contributed by atoms with Crippen LogP contribution in [0, 0.1) is 22.7 Å². The number of carbonyl (C=O) groups excluding carboxylic acids is 4. The van der Waals surface area contributed by atoms with Crippen molar-refractivity contribution < 1.29 is 53.4 Å². The molecule has 5 rings (SSSR count). The Bertz CT molecular complexity index is 1400. The maximum absolute atomic E-state index is 14.8. The SMILES string of the molecule is C=CC(=O)OC12COC1CC(O)C1(C)C(=O)C(OC(C)=O)=C3C(C)C(O)CC(O)(C(OC(=O)c4ccccc4)C21)C3(C)C. The third kappa shape index (κ3) is 4.31.